The van der Waals surface area contributed by atoms with E-state index in [1.807, 2.05) is 6.92 Å². The third-order valence-electron chi connectivity index (χ3n) is 3.30. The van der Waals surface area contributed by atoms with Crippen LogP contribution in [0.5, 0.6) is 0 Å². The number of likely N-dealkylation sites (N-methyl/N-ethyl adjacent to an activating group) is 1. The van der Waals surface area contributed by atoms with E-state index in [2.05, 4.69) is 19.2 Å². The van der Waals surface area contributed by atoms with Gasteiger partial charge in [-0.1, -0.05) is 20.8 Å². The highest BCUT2D eigenvalue weighted by molar-refractivity contribution is 5.80. The molecule has 0 radical (unpaired) electrons. The number of nitrogens with one attached hydrogen (secondary N) is 1. The van der Waals surface area contributed by atoms with Crippen LogP contribution in [0.4, 0.5) is 0 Å². The van der Waals surface area contributed by atoms with E-state index < -0.39 is 11.5 Å². The maximum Gasteiger partial charge on any atom is 0.326 e. The lowest BCUT2D eigenvalue weighted by atomic mass is 9.94. The van der Waals surface area contributed by atoms with E-state index in [-0.39, 0.29) is 12.5 Å². The van der Waals surface area contributed by atoms with Crippen LogP contribution in [0.25, 0.3) is 0 Å². The summed E-state index contributed by atoms with van der Waals surface area (Å²) >= 11 is 0. The molecule has 1 unspecified atom stereocenters. The standard InChI is InChI=1S/C14H27NO4/c1-4-15-14(13(16)17,12-5-6-12)10-19-8-7-18-9-11(2)3/h11-12,15H,4-10H2,1-3H3,(H,16,17). The summed E-state index contributed by atoms with van der Waals surface area (Å²) in [6.07, 6.45) is 1.93. The van der Waals surface area contributed by atoms with Crippen LogP contribution in [0.2, 0.25) is 0 Å². The first kappa shape index (κ1) is 16.4. The Kier molecular flexibility index (Phi) is 6.75. The molecule has 5 heteroatoms. The number of aliphatic carboxylic acids is 1. The number of carboxylic acids is 1. The average Bonchev–Trinajstić information content (AvgIpc) is 3.15. The molecule has 1 rings (SSSR count). The Balaban J connectivity index is 2.31. The number of ether oxygens (including phenoxy) is 2. The first-order valence-electron chi connectivity index (χ1n) is 7.16. The van der Waals surface area contributed by atoms with Crippen LogP contribution in [-0.2, 0) is 14.3 Å². The SMILES string of the molecule is CCNC(COCCOCC(C)C)(C(=O)O)C1CC1. The van der Waals surface area contributed by atoms with Gasteiger partial charge in [-0.15, -0.1) is 0 Å². The lowest BCUT2D eigenvalue weighted by molar-refractivity contribution is -0.149. The van der Waals surface area contributed by atoms with Gasteiger partial charge in [0.15, 0.2) is 0 Å². The van der Waals surface area contributed by atoms with Crippen molar-refractivity contribution in [2.45, 2.75) is 39.2 Å². The van der Waals surface area contributed by atoms with E-state index in [0.717, 1.165) is 12.8 Å². The van der Waals surface area contributed by atoms with Gasteiger partial charge in [-0.25, -0.2) is 0 Å². The Hall–Kier alpha value is -0.650. The summed E-state index contributed by atoms with van der Waals surface area (Å²) in [4.78, 5) is 11.5. The molecule has 2 N–H and O–H groups in total. The van der Waals surface area contributed by atoms with Crippen LogP contribution in [0, 0.1) is 11.8 Å². The van der Waals surface area contributed by atoms with Crippen molar-refractivity contribution in [1.82, 2.24) is 5.32 Å². The zero-order valence-electron chi connectivity index (χ0n) is 12.3. The Morgan fingerprint density at radius 1 is 1.37 bits per heavy atom. The predicted molar refractivity (Wildman–Crippen MR) is 73.2 cm³/mol. The molecule has 0 amide bonds. The second-order valence-electron chi connectivity index (χ2n) is 5.60. The van der Waals surface area contributed by atoms with Gasteiger partial charge in [-0.05, 0) is 31.2 Å². The van der Waals surface area contributed by atoms with Gasteiger partial charge in [0.05, 0.1) is 19.8 Å². The molecule has 112 valence electrons. The van der Waals surface area contributed by atoms with Gasteiger partial charge in [0, 0.05) is 6.61 Å². The van der Waals surface area contributed by atoms with E-state index in [9.17, 15) is 9.90 Å². The van der Waals surface area contributed by atoms with Crippen LogP contribution in [0.1, 0.15) is 33.6 Å². The van der Waals surface area contributed by atoms with E-state index in [0.29, 0.717) is 32.3 Å². The van der Waals surface area contributed by atoms with Gasteiger partial charge in [0.1, 0.15) is 5.54 Å². The molecule has 1 aliphatic carbocycles. The highest BCUT2D eigenvalue weighted by Gasteiger charge is 2.51. The van der Waals surface area contributed by atoms with E-state index in [1.54, 1.807) is 0 Å². The molecule has 1 aliphatic rings. The number of carbonyl (C=O) groups is 1. The second kappa shape index (κ2) is 7.82. The first-order valence-corrected chi connectivity index (χ1v) is 7.16. The highest BCUT2D eigenvalue weighted by atomic mass is 16.5. The second-order valence-corrected chi connectivity index (χ2v) is 5.60. The molecule has 1 fully saturated rings. The highest BCUT2D eigenvalue weighted by Crippen LogP contribution is 2.40. The largest absolute Gasteiger partial charge is 0.480 e. The molecule has 1 saturated carbocycles. The van der Waals surface area contributed by atoms with Crippen molar-refractivity contribution in [3.05, 3.63) is 0 Å². The fraction of sp³-hybridized carbons (Fsp3) is 0.929. The van der Waals surface area contributed by atoms with E-state index >= 15 is 0 Å². The summed E-state index contributed by atoms with van der Waals surface area (Å²) in [5, 5.41) is 12.6. The van der Waals surface area contributed by atoms with Gasteiger partial charge in [-0.2, -0.15) is 0 Å². The first-order chi connectivity index (χ1) is 9.03. The van der Waals surface area contributed by atoms with Gasteiger partial charge >= 0.3 is 5.97 Å². The molecule has 5 nitrogen and oxygen atoms in total. The van der Waals surface area contributed by atoms with Gasteiger partial charge in [0.25, 0.3) is 0 Å². The van der Waals surface area contributed by atoms with Crippen LogP contribution in [0.3, 0.4) is 0 Å². The minimum Gasteiger partial charge on any atom is -0.480 e. The van der Waals surface area contributed by atoms with Crippen molar-refractivity contribution in [2.75, 3.05) is 33.0 Å². The lowest BCUT2D eigenvalue weighted by Crippen LogP contribution is -2.57. The summed E-state index contributed by atoms with van der Waals surface area (Å²) < 4.78 is 10.9. The summed E-state index contributed by atoms with van der Waals surface area (Å²) in [6.45, 7) is 8.63. The van der Waals surface area contributed by atoms with Crippen molar-refractivity contribution < 1.29 is 19.4 Å². The Bertz CT molecular complexity index is 279. The van der Waals surface area contributed by atoms with Crippen LogP contribution >= 0.6 is 0 Å². The Morgan fingerprint density at radius 3 is 2.47 bits per heavy atom. The fourth-order valence-electron chi connectivity index (χ4n) is 2.19. The quantitative estimate of drug-likeness (QED) is 0.559. The zero-order chi connectivity index (χ0) is 14.3. The monoisotopic (exact) mass is 273 g/mol. The van der Waals surface area contributed by atoms with Crippen LogP contribution in [-0.4, -0.2) is 49.6 Å². The molecular weight excluding hydrogens is 246 g/mol. The zero-order valence-corrected chi connectivity index (χ0v) is 12.3. The molecule has 0 aliphatic heterocycles. The maximum absolute atomic E-state index is 11.5. The smallest absolute Gasteiger partial charge is 0.326 e. The summed E-state index contributed by atoms with van der Waals surface area (Å²) in [5.41, 5.74) is -0.910. The molecule has 0 heterocycles. The van der Waals surface area contributed by atoms with Crippen molar-refractivity contribution >= 4 is 5.97 Å². The molecular formula is C14H27NO4. The molecule has 0 spiro atoms. The van der Waals surface area contributed by atoms with Gasteiger partial charge < -0.3 is 14.6 Å². The van der Waals surface area contributed by atoms with Crippen LogP contribution < -0.4 is 5.32 Å². The number of rotatable bonds is 11. The Labute approximate surface area is 115 Å². The molecule has 0 saturated heterocycles. The predicted octanol–water partition coefficient (Wildman–Crippen LogP) is 1.52. The van der Waals surface area contributed by atoms with E-state index in [4.69, 9.17) is 9.47 Å². The fourth-order valence-corrected chi connectivity index (χ4v) is 2.19. The minimum absolute atomic E-state index is 0.196. The normalized spacial score (nSPS) is 18.5. The topological polar surface area (TPSA) is 67.8 Å². The number of carboxylic acid groups (broad SMARTS) is 1. The van der Waals surface area contributed by atoms with Crippen molar-refractivity contribution in [3.63, 3.8) is 0 Å². The van der Waals surface area contributed by atoms with E-state index in [1.165, 1.54) is 0 Å². The molecule has 1 atom stereocenters. The van der Waals surface area contributed by atoms with Crippen molar-refractivity contribution in [2.24, 2.45) is 11.8 Å². The molecule has 0 bridgehead atoms. The summed E-state index contributed by atoms with van der Waals surface area (Å²) in [6, 6.07) is 0. The molecule has 19 heavy (non-hydrogen) atoms. The van der Waals surface area contributed by atoms with Crippen LogP contribution in [0.15, 0.2) is 0 Å². The maximum atomic E-state index is 11.5. The van der Waals surface area contributed by atoms with Crippen molar-refractivity contribution in [3.8, 4) is 0 Å². The number of hydrogen-bond donors (Lipinski definition) is 2. The Morgan fingerprint density at radius 2 is 2.00 bits per heavy atom. The molecule has 0 aromatic heterocycles. The van der Waals surface area contributed by atoms with Gasteiger partial charge in [-0.3, -0.25) is 10.1 Å². The molecule has 0 aromatic rings. The average molecular weight is 273 g/mol. The molecule has 0 aromatic carbocycles. The third kappa shape index (κ3) is 5.09. The van der Waals surface area contributed by atoms with Gasteiger partial charge in [0.2, 0.25) is 0 Å². The lowest BCUT2D eigenvalue weighted by Gasteiger charge is -2.30. The van der Waals surface area contributed by atoms with Crippen molar-refractivity contribution in [1.29, 1.82) is 0 Å². The summed E-state index contributed by atoms with van der Waals surface area (Å²) in [5.74, 6) is -0.104. The summed E-state index contributed by atoms with van der Waals surface area (Å²) in [7, 11) is 0. The minimum atomic E-state index is -0.910. The third-order valence-corrected chi connectivity index (χ3v) is 3.30. The number of hydrogen-bond acceptors (Lipinski definition) is 4.